The number of hydrogen-bond acceptors (Lipinski definition) is 0. The van der Waals surface area contributed by atoms with Crippen molar-refractivity contribution in [3.05, 3.63) is 88.0 Å². The van der Waals surface area contributed by atoms with Crippen LogP contribution in [0.15, 0.2) is 87.1 Å². The fourth-order valence-corrected chi connectivity index (χ4v) is 8.05. The molecule has 0 nitrogen and oxygen atoms in total. The number of allylic oxidation sites excluding steroid dienone is 8. The van der Waals surface area contributed by atoms with Gasteiger partial charge in [0.25, 0.3) is 0 Å². The second-order valence-corrected chi connectivity index (χ2v) is 10.8. The molecule has 0 aromatic heterocycles. The number of hydrogen-bond donors (Lipinski definition) is 0. The van der Waals surface area contributed by atoms with Gasteiger partial charge in [-0.2, -0.15) is 10.0 Å². The van der Waals surface area contributed by atoms with Crippen LogP contribution < -0.4 is 0 Å². The summed E-state index contributed by atoms with van der Waals surface area (Å²) in [5.41, 5.74) is 0. The molecule has 0 heterocycles. The van der Waals surface area contributed by atoms with E-state index < -0.39 is 10.0 Å². The molecule has 0 saturated carbocycles. The van der Waals surface area contributed by atoms with Gasteiger partial charge in [-0.05, 0) is 78.7 Å². The minimum Gasteiger partial charge on any atom is -0.212 e. The zero-order valence-electron chi connectivity index (χ0n) is 18.3. The summed E-state index contributed by atoms with van der Waals surface area (Å²) in [4.78, 5) is 2.44. The highest BCUT2D eigenvalue weighted by atomic mass is 32.3. The molecule has 0 N–H and O–H groups in total. The van der Waals surface area contributed by atoms with Gasteiger partial charge in [0, 0.05) is 4.90 Å². The van der Waals surface area contributed by atoms with Crippen molar-refractivity contribution in [2.45, 2.75) is 64.2 Å². The van der Waals surface area contributed by atoms with Crippen molar-refractivity contribution in [1.82, 2.24) is 0 Å². The third-order valence-electron chi connectivity index (χ3n) is 5.20. The molecule has 2 rings (SSSR count). The molecule has 0 radical (unpaired) electrons. The lowest BCUT2D eigenvalue weighted by Crippen LogP contribution is -2.11. The lowest BCUT2D eigenvalue weighted by Gasteiger charge is -2.43. The first kappa shape index (κ1) is 24.3. The van der Waals surface area contributed by atoms with E-state index in [0.717, 1.165) is 46.1 Å². The summed E-state index contributed by atoms with van der Waals surface area (Å²) in [6, 6.07) is 6.55. The van der Waals surface area contributed by atoms with Crippen LogP contribution in [0.3, 0.4) is 0 Å². The van der Waals surface area contributed by atoms with E-state index in [-0.39, 0.29) is 17.5 Å². The topological polar surface area (TPSA) is 0 Å². The molecule has 0 saturated heterocycles. The maximum Gasteiger partial charge on any atom is 0.124 e. The van der Waals surface area contributed by atoms with Gasteiger partial charge in [0.1, 0.15) is 11.6 Å². The number of benzene rings is 1. The molecule has 0 amide bonds. The fraction of sp³-hybridized carbons (Fsp3) is 0.385. The molecule has 30 heavy (non-hydrogen) atoms. The molecule has 1 aromatic rings. The summed E-state index contributed by atoms with van der Waals surface area (Å²) in [5, 5.41) is 0. The molecule has 0 fully saturated rings. The Morgan fingerprint density at radius 3 is 2.57 bits per heavy atom. The third kappa shape index (κ3) is 6.28. The van der Waals surface area contributed by atoms with Crippen LogP contribution in [0, 0.1) is 5.82 Å². The first-order valence-electron chi connectivity index (χ1n) is 10.7. The lowest BCUT2D eigenvalue weighted by atomic mass is 10.2. The van der Waals surface area contributed by atoms with Crippen LogP contribution in [0.1, 0.15) is 59.3 Å². The molecule has 164 valence electrons. The Morgan fingerprint density at radius 1 is 1.13 bits per heavy atom. The lowest BCUT2D eigenvalue weighted by molar-refractivity contribution is 0.624. The Balaban J connectivity index is 2.68. The van der Waals surface area contributed by atoms with Gasteiger partial charge in [-0.3, -0.25) is 0 Å². The van der Waals surface area contributed by atoms with Gasteiger partial charge in [-0.25, -0.2) is 13.2 Å². The van der Waals surface area contributed by atoms with Crippen LogP contribution in [-0.4, -0.2) is 5.75 Å². The van der Waals surface area contributed by atoms with Crippen molar-refractivity contribution < 1.29 is 13.2 Å². The molecule has 4 heteroatoms. The quantitative estimate of drug-likeness (QED) is 0.254. The van der Waals surface area contributed by atoms with Gasteiger partial charge in [-0.15, -0.1) is 0 Å². The largest absolute Gasteiger partial charge is 0.212 e. The van der Waals surface area contributed by atoms with E-state index in [2.05, 4.69) is 6.92 Å². The summed E-state index contributed by atoms with van der Waals surface area (Å²) in [6.45, 7) is 5.47. The third-order valence-corrected chi connectivity index (χ3v) is 9.40. The van der Waals surface area contributed by atoms with Crippen molar-refractivity contribution in [2.75, 3.05) is 5.75 Å². The molecule has 1 aliphatic carbocycles. The first-order valence-corrected chi connectivity index (χ1v) is 12.5. The normalized spacial score (nSPS) is 18.3. The predicted molar refractivity (Wildman–Crippen MR) is 126 cm³/mol. The van der Waals surface area contributed by atoms with Gasteiger partial charge in [0.15, 0.2) is 0 Å². The van der Waals surface area contributed by atoms with Crippen molar-refractivity contribution in [2.24, 2.45) is 0 Å². The van der Waals surface area contributed by atoms with Crippen LogP contribution in [0.4, 0.5) is 13.2 Å². The van der Waals surface area contributed by atoms with E-state index in [4.69, 9.17) is 0 Å². The van der Waals surface area contributed by atoms with E-state index in [1.54, 1.807) is 18.2 Å². The highest BCUT2D eigenvalue weighted by molar-refractivity contribution is 8.40. The summed E-state index contributed by atoms with van der Waals surface area (Å²) in [5.74, 6) is -0.226. The maximum absolute atomic E-state index is 14.5. The van der Waals surface area contributed by atoms with Crippen molar-refractivity contribution >= 4 is 10.0 Å². The minimum atomic E-state index is -2.02. The average Bonchev–Trinajstić information content (AvgIpc) is 2.94. The standard InChI is InChI=1S/C26H33F3S/c1-4-6-7-8-11-17-30(24(5-2)18-21(3)27,26-16-12-14-23(29)20-26)25-15-10-9-13-22(28)19-25/h5,9,12-16,18-20H,4,6-8,10-11,17H2,1-3H3/b21-18+,24-5+. The smallest absolute Gasteiger partial charge is 0.124 e. The fourth-order valence-electron chi connectivity index (χ4n) is 3.80. The molecule has 0 bridgehead atoms. The van der Waals surface area contributed by atoms with Crippen molar-refractivity contribution in [1.29, 1.82) is 0 Å². The molecule has 1 atom stereocenters. The Morgan fingerprint density at radius 2 is 1.90 bits per heavy atom. The highest BCUT2D eigenvalue weighted by Crippen LogP contribution is 2.69. The average molecular weight is 435 g/mol. The highest BCUT2D eigenvalue weighted by Gasteiger charge is 2.33. The molecule has 0 aliphatic heterocycles. The number of halogens is 3. The predicted octanol–water partition coefficient (Wildman–Crippen LogP) is 9.43. The Kier molecular flexibility index (Phi) is 9.77. The zero-order valence-corrected chi connectivity index (χ0v) is 19.1. The van der Waals surface area contributed by atoms with E-state index in [1.165, 1.54) is 37.6 Å². The summed E-state index contributed by atoms with van der Waals surface area (Å²) >= 11 is 0. The zero-order chi connectivity index (χ0) is 22.0. The van der Waals surface area contributed by atoms with Gasteiger partial charge >= 0.3 is 0 Å². The Hall–Kier alpha value is -1.94. The van der Waals surface area contributed by atoms with Gasteiger partial charge < -0.3 is 0 Å². The molecular formula is C26H33F3S. The van der Waals surface area contributed by atoms with Gasteiger partial charge in [0.2, 0.25) is 0 Å². The Labute approximate surface area is 181 Å². The van der Waals surface area contributed by atoms with E-state index in [1.807, 2.05) is 25.1 Å². The summed E-state index contributed by atoms with van der Waals surface area (Å²) < 4.78 is 42.9. The van der Waals surface area contributed by atoms with Crippen LogP contribution >= 0.6 is 10.0 Å². The monoisotopic (exact) mass is 434 g/mol. The first-order chi connectivity index (χ1) is 14.4. The Bertz CT molecular complexity index is 857. The summed E-state index contributed by atoms with van der Waals surface area (Å²) in [7, 11) is -2.02. The second-order valence-electron chi connectivity index (χ2n) is 7.51. The molecule has 1 aliphatic rings. The van der Waals surface area contributed by atoms with Crippen molar-refractivity contribution in [3.8, 4) is 0 Å². The number of unbranched alkanes of at least 4 members (excludes halogenated alkanes) is 4. The maximum atomic E-state index is 14.5. The van der Waals surface area contributed by atoms with E-state index in [9.17, 15) is 13.2 Å². The summed E-state index contributed by atoms with van der Waals surface area (Å²) in [6.07, 6.45) is 16.3. The second kappa shape index (κ2) is 12.0. The van der Waals surface area contributed by atoms with Crippen LogP contribution in [0.25, 0.3) is 0 Å². The van der Waals surface area contributed by atoms with Crippen LogP contribution in [-0.2, 0) is 0 Å². The van der Waals surface area contributed by atoms with Crippen molar-refractivity contribution in [3.63, 3.8) is 0 Å². The minimum absolute atomic E-state index is 0.306. The molecular weight excluding hydrogens is 401 g/mol. The van der Waals surface area contributed by atoms with Crippen LogP contribution in [0.5, 0.6) is 0 Å². The van der Waals surface area contributed by atoms with Gasteiger partial charge in [0.05, 0.1) is 5.83 Å². The van der Waals surface area contributed by atoms with E-state index in [0.29, 0.717) is 6.42 Å². The molecule has 1 unspecified atom stereocenters. The van der Waals surface area contributed by atoms with Crippen LogP contribution in [0.2, 0.25) is 0 Å². The molecule has 0 spiro atoms. The van der Waals surface area contributed by atoms with E-state index >= 15 is 0 Å². The SMILES string of the molecule is C/C=C(\C=C(/C)F)S(CCCCCCC)(C1=CCC=CC(F)=C1)c1cccc(F)c1. The number of rotatable bonds is 10. The van der Waals surface area contributed by atoms with Gasteiger partial charge in [-0.1, -0.05) is 56.9 Å². The molecule has 1 aromatic carbocycles.